The monoisotopic (exact) mass is 326 g/mol. The van der Waals surface area contributed by atoms with E-state index in [9.17, 15) is 14.3 Å². The number of aliphatic hydroxyl groups excluding tert-OH is 1. The molecule has 0 heterocycles. The molecule has 2 aromatic rings. The van der Waals surface area contributed by atoms with E-state index in [2.05, 4.69) is 10.6 Å². The molecule has 124 valence electrons. The van der Waals surface area contributed by atoms with E-state index in [1.807, 2.05) is 30.3 Å². The van der Waals surface area contributed by atoms with Gasteiger partial charge in [0.2, 0.25) is 0 Å². The van der Waals surface area contributed by atoms with Crippen LogP contribution in [-0.4, -0.2) is 17.2 Å². The molecule has 3 N–H and O–H groups in total. The molecule has 2 aliphatic carbocycles. The van der Waals surface area contributed by atoms with Gasteiger partial charge in [0.05, 0.1) is 18.2 Å². The highest BCUT2D eigenvalue weighted by molar-refractivity contribution is 5.75. The first-order valence-electron chi connectivity index (χ1n) is 8.23. The molecule has 0 spiro atoms. The van der Waals surface area contributed by atoms with Crippen molar-refractivity contribution >= 4 is 6.03 Å². The van der Waals surface area contributed by atoms with Crippen molar-refractivity contribution in [2.24, 2.45) is 0 Å². The second kappa shape index (κ2) is 5.91. The van der Waals surface area contributed by atoms with Crippen molar-refractivity contribution in [3.05, 3.63) is 70.5 Å². The van der Waals surface area contributed by atoms with Crippen molar-refractivity contribution in [1.82, 2.24) is 10.6 Å². The normalized spacial score (nSPS) is 24.3. The molecule has 5 heteroatoms. The molecule has 0 aliphatic heterocycles. The third-order valence-corrected chi connectivity index (χ3v) is 5.01. The van der Waals surface area contributed by atoms with Crippen LogP contribution in [0, 0.1) is 5.82 Å². The zero-order valence-electron chi connectivity index (χ0n) is 13.1. The summed E-state index contributed by atoms with van der Waals surface area (Å²) >= 11 is 0. The van der Waals surface area contributed by atoms with Gasteiger partial charge in [0, 0.05) is 6.42 Å². The standard InChI is InChI=1S/C19H19FN2O2/c20-15-7-3-6-14-13(15)8-9-16(14)21-19(24)22-18-12-5-2-1-4-11(12)10-17(18)23/h1-7,16-18,23H,8-10H2,(H2,21,22,24). The lowest BCUT2D eigenvalue weighted by Crippen LogP contribution is -2.42. The van der Waals surface area contributed by atoms with E-state index in [4.69, 9.17) is 0 Å². The van der Waals surface area contributed by atoms with Gasteiger partial charge >= 0.3 is 6.03 Å². The molecule has 3 atom stereocenters. The zero-order chi connectivity index (χ0) is 16.7. The van der Waals surface area contributed by atoms with Crippen LogP contribution < -0.4 is 10.6 Å². The summed E-state index contributed by atoms with van der Waals surface area (Å²) in [6.45, 7) is 0. The molecule has 4 nitrogen and oxygen atoms in total. The number of hydrogen-bond acceptors (Lipinski definition) is 2. The van der Waals surface area contributed by atoms with Crippen molar-refractivity contribution in [3.63, 3.8) is 0 Å². The Balaban J connectivity index is 1.47. The summed E-state index contributed by atoms with van der Waals surface area (Å²) in [5.74, 6) is -0.211. The first kappa shape index (κ1) is 15.1. The Hall–Kier alpha value is -2.40. The number of urea groups is 1. The average Bonchev–Trinajstić information content (AvgIpc) is 3.11. The van der Waals surface area contributed by atoms with Gasteiger partial charge in [-0.2, -0.15) is 0 Å². The lowest BCUT2D eigenvalue weighted by atomic mass is 10.1. The van der Waals surface area contributed by atoms with E-state index in [-0.39, 0.29) is 17.9 Å². The summed E-state index contributed by atoms with van der Waals surface area (Å²) in [6, 6.07) is 11.8. The molecule has 0 radical (unpaired) electrons. The highest BCUT2D eigenvalue weighted by atomic mass is 19.1. The molecule has 24 heavy (non-hydrogen) atoms. The van der Waals surface area contributed by atoms with Crippen LogP contribution in [0.1, 0.15) is 40.8 Å². The number of amides is 2. The van der Waals surface area contributed by atoms with Gasteiger partial charge in [-0.25, -0.2) is 9.18 Å². The molecular formula is C19H19FN2O2. The first-order valence-corrected chi connectivity index (χ1v) is 8.23. The number of halogens is 1. The molecule has 0 aromatic heterocycles. The number of nitrogens with one attached hydrogen (secondary N) is 2. The van der Waals surface area contributed by atoms with Crippen LogP contribution in [0.5, 0.6) is 0 Å². The summed E-state index contributed by atoms with van der Waals surface area (Å²) in [5, 5.41) is 16.0. The minimum atomic E-state index is -0.624. The van der Waals surface area contributed by atoms with Crippen LogP contribution in [0.2, 0.25) is 0 Å². The maximum atomic E-state index is 13.8. The average molecular weight is 326 g/mol. The zero-order valence-corrected chi connectivity index (χ0v) is 13.1. The van der Waals surface area contributed by atoms with Gasteiger partial charge in [0.1, 0.15) is 5.82 Å². The van der Waals surface area contributed by atoms with Crippen molar-refractivity contribution in [2.75, 3.05) is 0 Å². The fourth-order valence-electron chi connectivity index (χ4n) is 3.85. The minimum absolute atomic E-state index is 0.190. The SMILES string of the molecule is O=C(NC1CCc2c(F)cccc21)NC1c2ccccc2CC1O. The molecule has 0 fully saturated rings. The van der Waals surface area contributed by atoms with Crippen LogP contribution in [0.3, 0.4) is 0 Å². The number of fused-ring (bicyclic) bond motifs is 2. The second-order valence-corrected chi connectivity index (χ2v) is 6.46. The maximum Gasteiger partial charge on any atom is 0.315 e. The second-order valence-electron chi connectivity index (χ2n) is 6.46. The van der Waals surface area contributed by atoms with E-state index < -0.39 is 12.1 Å². The Labute approximate surface area is 139 Å². The number of rotatable bonds is 2. The number of benzene rings is 2. The van der Waals surface area contributed by atoms with Crippen molar-refractivity contribution in [1.29, 1.82) is 0 Å². The lowest BCUT2D eigenvalue weighted by molar-refractivity contribution is 0.142. The van der Waals surface area contributed by atoms with Gasteiger partial charge in [0.25, 0.3) is 0 Å². The van der Waals surface area contributed by atoms with Gasteiger partial charge < -0.3 is 15.7 Å². The maximum absolute atomic E-state index is 13.8. The molecule has 0 saturated heterocycles. The predicted octanol–water partition coefficient (Wildman–Crippen LogP) is 2.77. The molecule has 3 unspecified atom stereocenters. The smallest absolute Gasteiger partial charge is 0.315 e. The third-order valence-electron chi connectivity index (χ3n) is 5.01. The molecule has 2 aliphatic rings. The highest BCUT2D eigenvalue weighted by Crippen LogP contribution is 2.33. The molecule has 0 saturated carbocycles. The van der Waals surface area contributed by atoms with E-state index >= 15 is 0 Å². The fraction of sp³-hybridized carbons (Fsp3) is 0.316. The van der Waals surface area contributed by atoms with Crippen LogP contribution in [-0.2, 0) is 12.8 Å². The molecule has 2 amide bonds. The van der Waals surface area contributed by atoms with Gasteiger partial charge in [-0.1, -0.05) is 36.4 Å². The topological polar surface area (TPSA) is 61.4 Å². The van der Waals surface area contributed by atoms with Gasteiger partial charge in [-0.3, -0.25) is 0 Å². The summed E-state index contributed by atoms with van der Waals surface area (Å²) in [7, 11) is 0. The highest BCUT2D eigenvalue weighted by Gasteiger charge is 2.33. The van der Waals surface area contributed by atoms with Crippen molar-refractivity contribution in [3.8, 4) is 0 Å². The Morgan fingerprint density at radius 2 is 1.88 bits per heavy atom. The van der Waals surface area contributed by atoms with Crippen LogP contribution in [0.15, 0.2) is 42.5 Å². The Morgan fingerprint density at radius 3 is 2.75 bits per heavy atom. The largest absolute Gasteiger partial charge is 0.390 e. The number of hydrogen-bond donors (Lipinski definition) is 3. The summed E-state index contributed by atoms with van der Waals surface area (Å²) in [4.78, 5) is 12.4. The van der Waals surface area contributed by atoms with E-state index in [1.54, 1.807) is 6.07 Å². The van der Waals surface area contributed by atoms with Crippen LogP contribution >= 0.6 is 0 Å². The molecule has 4 rings (SSSR count). The number of carbonyl (C=O) groups excluding carboxylic acids is 1. The lowest BCUT2D eigenvalue weighted by Gasteiger charge is -2.21. The first-order chi connectivity index (χ1) is 11.6. The molecule has 2 aromatic carbocycles. The third kappa shape index (κ3) is 2.55. The molecular weight excluding hydrogens is 307 g/mol. The fourth-order valence-corrected chi connectivity index (χ4v) is 3.85. The number of carbonyl (C=O) groups is 1. The Morgan fingerprint density at radius 1 is 1.08 bits per heavy atom. The predicted molar refractivity (Wildman–Crippen MR) is 88.0 cm³/mol. The quantitative estimate of drug-likeness (QED) is 0.795. The van der Waals surface area contributed by atoms with Crippen molar-refractivity contribution in [2.45, 2.75) is 37.5 Å². The summed E-state index contributed by atoms with van der Waals surface area (Å²) in [6.07, 6.45) is 1.23. The van der Waals surface area contributed by atoms with E-state index in [0.29, 0.717) is 24.8 Å². The summed E-state index contributed by atoms with van der Waals surface area (Å²) in [5.41, 5.74) is 3.55. The number of aliphatic hydroxyl groups is 1. The van der Waals surface area contributed by atoms with Crippen LogP contribution in [0.25, 0.3) is 0 Å². The van der Waals surface area contributed by atoms with E-state index in [0.717, 1.165) is 16.7 Å². The van der Waals surface area contributed by atoms with E-state index in [1.165, 1.54) is 6.07 Å². The van der Waals surface area contributed by atoms with Gasteiger partial charge in [0.15, 0.2) is 0 Å². The van der Waals surface area contributed by atoms with Gasteiger partial charge in [-0.05, 0) is 41.2 Å². The minimum Gasteiger partial charge on any atom is -0.390 e. The van der Waals surface area contributed by atoms with Crippen molar-refractivity contribution < 1.29 is 14.3 Å². The Bertz CT molecular complexity index is 793. The van der Waals surface area contributed by atoms with Gasteiger partial charge in [-0.15, -0.1) is 0 Å². The summed E-state index contributed by atoms with van der Waals surface area (Å²) < 4.78 is 13.8. The molecule has 0 bridgehead atoms. The Kier molecular flexibility index (Phi) is 3.73. The van der Waals surface area contributed by atoms with Crippen LogP contribution in [0.4, 0.5) is 9.18 Å².